The molecule has 0 bridgehead atoms. The highest BCUT2D eigenvalue weighted by Crippen LogP contribution is 2.35. The Labute approximate surface area is 767 Å². The van der Waals surface area contributed by atoms with E-state index in [4.69, 9.17) is 24.9 Å². The summed E-state index contributed by atoms with van der Waals surface area (Å²) in [6, 6.07) is 168. The van der Waals surface area contributed by atoms with Crippen molar-refractivity contribution in [2.45, 2.75) is 34.6 Å². The SMILES string of the molecule is Cc1ccc2c(c1)-c1ncccc1[Si]2(c1ccccc1)c1ccccc1.Cc1ccc2c(c1)[Si](c1ccccc1)(c1ccccc1)c1cccnc1-2.Cc1ccc2c(n1)-c1ccccc1[Si]2(c1ccccc1)c1ccccc1.Cc1cccc2c1-c1ncccc1[Si]2(c1ccccc1)c1ccccc1.Cc1cnc2c(c1)[Si](c1ccccc1)(c1ccccc1)c1ccccc1-2. The zero-order valence-electron chi connectivity index (χ0n) is 73.4. The maximum Gasteiger partial charge on any atom is 0.182 e. The van der Waals surface area contributed by atoms with Crippen LogP contribution in [0, 0.1) is 34.6 Å². The van der Waals surface area contributed by atoms with Gasteiger partial charge in [-0.05, 0) is 180 Å². The summed E-state index contributed by atoms with van der Waals surface area (Å²) >= 11 is 0. The molecular formula is C120H95N5Si5. The van der Waals surface area contributed by atoms with Crippen molar-refractivity contribution in [1.29, 1.82) is 0 Å². The van der Waals surface area contributed by atoms with Crippen molar-refractivity contribution in [1.82, 2.24) is 24.9 Å². The summed E-state index contributed by atoms with van der Waals surface area (Å²) in [4.78, 5) is 24.3. The topological polar surface area (TPSA) is 64.5 Å². The largest absolute Gasteiger partial charge is 0.256 e. The van der Waals surface area contributed by atoms with Gasteiger partial charge in [-0.1, -0.05) is 442 Å². The Balaban J connectivity index is 0.0000000983. The van der Waals surface area contributed by atoms with Gasteiger partial charge in [0, 0.05) is 58.3 Å². The van der Waals surface area contributed by atoms with E-state index < -0.39 is 40.4 Å². The van der Waals surface area contributed by atoms with Crippen LogP contribution < -0.4 is 104 Å². The molecule has 0 spiro atoms. The molecule has 620 valence electrons. The second-order valence-corrected chi connectivity index (χ2v) is 53.2. The first-order valence-corrected chi connectivity index (χ1v) is 55.0. The smallest absolute Gasteiger partial charge is 0.182 e. The van der Waals surface area contributed by atoms with Crippen LogP contribution in [0.1, 0.15) is 27.9 Å². The van der Waals surface area contributed by atoms with Crippen molar-refractivity contribution in [2.75, 3.05) is 0 Å². The molecule has 0 fully saturated rings. The second-order valence-electron chi connectivity index (χ2n) is 34.6. The van der Waals surface area contributed by atoms with E-state index in [0.717, 1.165) is 22.8 Å². The molecule has 20 aromatic rings. The molecule has 25 rings (SSSR count). The van der Waals surface area contributed by atoms with Gasteiger partial charge in [-0.25, -0.2) is 0 Å². The normalized spacial score (nSPS) is 13.9. The number of rotatable bonds is 10. The van der Waals surface area contributed by atoms with Crippen molar-refractivity contribution < 1.29 is 0 Å². The molecule has 10 heteroatoms. The van der Waals surface area contributed by atoms with E-state index in [1.54, 1.807) is 0 Å². The van der Waals surface area contributed by atoms with E-state index >= 15 is 0 Å². The third-order valence-corrected chi connectivity index (χ3v) is 51.5. The van der Waals surface area contributed by atoms with Gasteiger partial charge < -0.3 is 0 Å². The lowest BCUT2D eigenvalue weighted by atomic mass is 10.1. The van der Waals surface area contributed by atoms with Crippen LogP contribution in [-0.4, -0.2) is 65.3 Å². The molecule has 0 N–H and O–H groups in total. The molecule has 5 aliphatic heterocycles. The van der Waals surface area contributed by atoms with Gasteiger partial charge in [0.1, 0.15) is 0 Å². The van der Waals surface area contributed by atoms with E-state index in [1.807, 2.05) is 24.8 Å². The number of aromatic nitrogens is 5. The van der Waals surface area contributed by atoms with E-state index in [-0.39, 0.29) is 0 Å². The third-order valence-electron chi connectivity index (χ3n) is 27.3. The molecule has 5 aromatic heterocycles. The Hall–Kier alpha value is -14.9. The fourth-order valence-electron chi connectivity index (χ4n) is 22.1. The molecule has 0 atom stereocenters. The Morgan fingerprint density at radius 1 is 0.169 bits per heavy atom. The monoisotopic (exact) mass is 1750 g/mol. The summed E-state index contributed by atoms with van der Waals surface area (Å²) in [7, 11) is -11.6. The maximum atomic E-state index is 4.98. The first kappa shape index (κ1) is 82.1. The molecule has 5 nitrogen and oxygen atoms in total. The zero-order chi connectivity index (χ0) is 87.8. The molecule has 0 saturated carbocycles. The lowest BCUT2D eigenvalue weighted by Crippen LogP contribution is -2.72. The zero-order valence-corrected chi connectivity index (χ0v) is 78.4. The molecule has 10 heterocycles. The van der Waals surface area contributed by atoms with Crippen LogP contribution in [-0.2, 0) is 0 Å². The number of hydrogen-bond acceptors (Lipinski definition) is 5. The fraction of sp³-hybridized carbons (Fsp3) is 0.0417. The Morgan fingerprint density at radius 2 is 0.446 bits per heavy atom. The van der Waals surface area contributed by atoms with Gasteiger partial charge in [-0.3, -0.25) is 24.9 Å². The van der Waals surface area contributed by atoms with Crippen LogP contribution in [0.25, 0.3) is 56.3 Å². The lowest BCUT2D eigenvalue weighted by molar-refractivity contribution is 1.22. The minimum atomic E-state index is -2.32. The van der Waals surface area contributed by atoms with Gasteiger partial charge in [0.25, 0.3) is 0 Å². The van der Waals surface area contributed by atoms with Gasteiger partial charge in [0.2, 0.25) is 0 Å². The molecule has 0 aliphatic carbocycles. The lowest BCUT2D eigenvalue weighted by Gasteiger charge is -2.31. The van der Waals surface area contributed by atoms with Crippen molar-refractivity contribution in [2.24, 2.45) is 0 Å². The minimum Gasteiger partial charge on any atom is -0.256 e. The predicted octanol–water partition coefficient (Wildman–Crippen LogP) is 13.7. The van der Waals surface area contributed by atoms with Crippen molar-refractivity contribution >= 4 is 144 Å². The van der Waals surface area contributed by atoms with Gasteiger partial charge in [-0.2, -0.15) is 0 Å². The summed E-state index contributed by atoms with van der Waals surface area (Å²) in [5.74, 6) is 0. The van der Waals surface area contributed by atoms with Gasteiger partial charge in [0.15, 0.2) is 40.4 Å². The second kappa shape index (κ2) is 34.7. The minimum absolute atomic E-state index is 1.07. The molecule has 0 amide bonds. The first-order valence-electron chi connectivity index (χ1n) is 45.0. The summed E-state index contributed by atoms with van der Waals surface area (Å²) in [5.41, 5.74) is 18.5. The molecule has 5 aliphatic rings. The average Bonchev–Trinajstić information content (AvgIpc) is 1.55. The van der Waals surface area contributed by atoms with Crippen LogP contribution in [0.15, 0.2) is 486 Å². The standard InChI is InChI=1S/5C24H19NSi/c1-18-10-8-15-21-23(18)24-22(16-9-17-25-24)26(21,19-11-4-2-5-12-19)20-13-6-3-7-14-20;1-18-16-23-24(25-17-18)21-14-8-9-15-22(21)26(23,19-10-4-2-5-11-19)20-12-6-3-7-13-20;1-18-16-17-23-24(25-18)21-14-8-9-15-22(21)26(23,19-10-4-2-5-11-19)20-12-6-3-7-13-20;1-18-14-15-22-21(17-18)24-23(13-8-16-25-24)26(22,19-9-4-2-5-10-19)20-11-6-3-7-12-20;1-18-14-15-21-23(17-18)26(19-9-4-2-5-10-19,20-11-6-3-7-12-20)22-13-8-16-25-24(21)22/h5*2-17H,1H3. The number of aryl methyl sites for hydroxylation is 5. The van der Waals surface area contributed by atoms with Crippen molar-refractivity contribution in [3.05, 3.63) is 514 Å². The number of pyridine rings is 5. The average molecular weight is 1750 g/mol. The van der Waals surface area contributed by atoms with Crippen LogP contribution in [0.2, 0.25) is 0 Å². The summed E-state index contributed by atoms with van der Waals surface area (Å²) < 4.78 is 0. The quantitative estimate of drug-likeness (QED) is 0.128. The van der Waals surface area contributed by atoms with E-state index in [0.29, 0.717) is 0 Å². The van der Waals surface area contributed by atoms with Crippen LogP contribution in [0.3, 0.4) is 0 Å². The number of fused-ring (bicyclic) bond motifs is 15. The maximum absolute atomic E-state index is 4.98. The third kappa shape index (κ3) is 13.4. The number of nitrogens with zero attached hydrogens (tertiary/aromatic N) is 5. The molecule has 15 aromatic carbocycles. The fourth-order valence-corrected chi connectivity index (χ4v) is 47.9. The summed E-state index contributed by atoms with van der Waals surface area (Å²) in [5, 5.41) is 28.5. The first-order chi connectivity index (χ1) is 64.1. The van der Waals surface area contributed by atoms with Crippen molar-refractivity contribution in [3.63, 3.8) is 0 Å². The molecule has 0 radical (unpaired) electrons. The highest BCUT2D eigenvalue weighted by atomic mass is 28.3. The Bertz CT molecular complexity index is 6860. The van der Waals surface area contributed by atoms with Crippen LogP contribution >= 0.6 is 0 Å². The molecule has 0 saturated heterocycles. The van der Waals surface area contributed by atoms with Gasteiger partial charge in [0.05, 0.1) is 28.5 Å². The molecule has 130 heavy (non-hydrogen) atoms. The highest BCUT2D eigenvalue weighted by Gasteiger charge is 2.55. The van der Waals surface area contributed by atoms with E-state index in [9.17, 15) is 0 Å². The highest BCUT2D eigenvalue weighted by molar-refractivity contribution is 7.25. The van der Waals surface area contributed by atoms with Crippen LogP contribution in [0.4, 0.5) is 0 Å². The summed E-state index contributed by atoms with van der Waals surface area (Å²) in [6.45, 7) is 10.8. The van der Waals surface area contributed by atoms with E-state index in [2.05, 4.69) is 496 Å². The van der Waals surface area contributed by atoms with E-state index in [1.165, 1.54) is 165 Å². The predicted molar refractivity (Wildman–Crippen MR) is 558 cm³/mol. The molecule has 0 unspecified atom stereocenters. The number of benzene rings is 15. The molecular weight excluding hydrogens is 1650 g/mol. The summed E-state index contributed by atoms with van der Waals surface area (Å²) in [6.07, 6.45) is 7.76. The Morgan fingerprint density at radius 3 is 0.869 bits per heavy atom. The van der Waals surface area contributed by atoms with Crippen LogP contribution in [0.5, 0.6) is 0 Å². The van der Waals surface area contributed by atoms with Gasteiger partial charge in [-0.15, -0.1) is 0 Å². The Kier molecular flexibility index (Phi) is 21.9. The van der Waals surface area contributed by atoms with Crippen molar-refractivity contribution in [3.8, 4) is 56.3 Å². The van der Waals surface area contributed by atoms with Gasteiger partial charge >= 0.3 is 0 Å². The number of hydrogen-bond donors (Lipinski definition) is 0.